The number of nitrogens with one attached hydrogen (secondary N) is 2. The highest BCUT2D eigenvalue weighted by atomic mass is 16.1. The lowest BCUT2D eigenvalue weighted by Crippen LogP contribution is -2.32. The summed E-state index contributed by atoms with van der Waals surface area (Å²) in [4.78, 5) is 21.4. The molecular formula is C27H26N4O. The van der Waals surface area contributed by atoms with Crippen LogP contribution in [0, 0.1) is 0 Å². The Morgan fingerprint density at radius 2 is 1.62 bits per heavy atom. The summed E-state index contributed by atoms with van der Waals surface area (Å²) >= 11 is 0. The predicted molar refractivity (Wildman–Crippen MR) is 129 cm³/mol. The van der Waals surface area contributed by atoms with Crippen LogP contribution in [-0.2, 0) is 6.42 Å². The summed E-state index contributed by atoms with van der Waals surface area (Å²) in [5, 5.41) is 6.37. The standard InChI is InChI=1S/C27H26N4O/c1-20(15-16-21-9-4-2-5-10-21)30-27(32)23-13-8-14-24(17-23)31-26-18-25(28-19-29-26)22-11-6-3-7-12-22/h2-14,17-20H,15-16H2,1H3,(H,30,32)(H,28,29,31). The summed E-state index contributed by atoms with van der Waals surface area (Å²) < 4.78 is 0. The number of amides is 1. The minimum Gasteiger partial charge on any atom is -0.350 e. The fraction of sp³-hybridized carbons (Fsp3) is 0.148. The van der Waals surface area contributed by atoms with E-state index in [1.165, 1.54) is 11.9 Å². The molecule has 0 saturated carbocycles. The molecule has 5 nitrogen and oxygen atoms in total. The molecule has 160 valence electrons. The minimum atomic E-state index is -0.0816. The Balaban J connectivity index is 1.38. The first-order chi connectivity index (χ1) is 15.7. The molecule has 0 bridgehead atoms. The van der Waals surface area contributed by atoms with Gasteiger partial charge in [-0.25, -0.2) is 9.97 Å². The number of nitrogens with zero attached hydrogens (tertiary/aromatic N) is 2. The zero-order valence-corrected chi connectivity index (χ0v) is 18.0. The summed E-state index contributed by atoms with van der Waals surface area (Å²) in [5.74, 6) is 0.592. The van der Waals surface area contributed by atoms with E-state index in [-0.39, 0.29) is 11.9 Å². The average molecular weight is 423 g/mol. The van der Waals surface area contributed by atoms with Crippen LogP contribution in [0.5, 0.6) is 0 Å². The Labute approximate surface area is 188 Å². The van der Waals surface area contributed by atoms with Gasteiger partial charge in [0.2, 0.25) is 0 Å². The van der Waals surface area contributed by atoms with E-state index in [1.807, 2.05) is 85.8 Å². The van der Waals surface area contributed by atoms with Gasteiger partial charge in [0.15, 0.2) is 0 Å². The topological polar surface area (TPSA) is 66.9 Å². The number of hydrogen-bond acceptors (Lipinski definition) is 4. The highest BCUT2D eigenvalue weighted by Crippen LogP contribution is 2.21. The van der Waals surface area contributed by atoms with Gasteiger partial charge in [0, 0.05) is 28.9 Å². The highest BCUT2D eigenvalue weighted by Gasteiger charge is 2.11. The third-order valence-corrected chi connectivity index (χ3v) is 5.22. The number of carbonyl (C=O) groups excluding carboxylic acids is 1. The summed E-state index contributed by atoms with van der Waals surface area (Å²) in [6, 6.07) is 29.7. The highest BCUT2D eigenvalue weighted by molar-refractivity contribution is 5.95. The smallest absolute Gasteiger partial charge is 0.251 e. The Morgan fingerprint density at radius 1 is 0.875 bits per heavy atom. The fourth-order valence-electron chi connectivity index (χ4n) is 3.49. The van der Waals surface area contributed by atoms with E-state index < -0.39 is 0 Å². The third-order valence-electron chi connectivity index (χ3n) is 5.22. The van der Waals surface area contributed by atoms with Crippen LogP contribution < -0.4 is 10.6 Å². The Hall–Kier alpha value is -3.99. The normalized spacial score (nSPS) is 11.5. The Bertz CT molecular complexity index is 1160. The first-order valence-electron chi connectivity index (χ1n) is 10.8. The van der Waals surface area contributed by atoms with Crippen LogP contribution >= 0.6 is 0 Å². The molecular weight excluding hydrogens is 396 g/mol. The SMILES string of the molecule is CC(CCc1ccccc1)NC(=O)c1cccc(Nc2cc(-c3ccccc3)ncn2)c1. The molecule has 1 aromatic heterocycles. The lowest BCUT2D eigenvalue weighted by Gasteiger charge is -2.15. The Morgan fingerprint density at radius 3 is 2.41 bits per heavy atom. The molecule has 4 aromatic rings. The second-order valence-electron chi connectivity index (χ2n) is 7.76. The van der Waals surface area contributed by atoms with Gasteiger partial charge in [-0.1, -0.05) is 66.7 Å². The van der Waals surface area contributed by atoms with Crippen molar-refractivity contribution in [1.29, 1.82) is 0 Å². The maximum absolute atomic E-state index is 12.7. The minimum absolute atomic E-state index is 0.0783. The second-order valence-corrected chi connectivity index (χ2v) is 7.76. The lowest BCUT2D eigenvalue weighted by molar-refractivity contribution is 0.0938. The van der Waals surface area contributed by atoms with E-state index in [1.54, 1.807) is 0 Å². The van der Waals surface area contributed by atoms with Crippen LogP contribution in [0.3, 0.4) is 0 Å². The zero-order chi connectivity index (χ0) is 22.2. The predicted octanol–water partition coefficient (Wildman–Crippen LogP) is 5.64. The third kappa shape index (κ3) is 5.79. The summed E-state index contributed by atoms with van der Waals surface area (Å²) in [5.41, 5.74) is 4.55. The van der Waals surface area contributed by atoms with Gasteiger partial charge in [-0.3, -0.25) is 4.79 Å². The van der Waals surface area contributed by atoms with Gasteiger partial charge >= 0.3 is 0 Å². The van der Waals surface area contributed by atoms with Crippen LogP contribution in [-0.4, -0.2) is 21.9 Å². The number of aromatic nitrogens is 2. The van der Waals surface area contributed by atoms with Gasteiger partial charge in [0.25, 0.3) is 5.91 Å². The van der Waals surface area contributed by atoms with Crippen molar-refractivity contribution in [2.45, 2.75) is 25.8 Å². The Kier molecular flexibility index (Phi) is 6.88. The number of benzene rings is 3. The first-order valence-corrected chi connectivity index (χ1v) is 10.8. The van der Waals surface area contributed by atoms with Gasteiger partial charge in [-0.15, -0.1) is 0 Å². The van der Waals surface area contributed by atoms with Crippen molar-refractivity contribution in [3.63, 3.8) is 0 Å². The van der Waals surface area contributed by atoms with Gasteiger partial charge in [0.05, 0.1) is 5.69 Å². The molecule has 1 unspecified atom stereocenters. The molecule has 1 amide bonds. The van der Waals surface area contributed by atoms with E-state index in [9.17, 15) is 4.79 Å². The molecule has 0 fully saturated rings. The lowest BCUT2D eigenvalue weighted by atomic mass is 10.1. The van der Waals surface area contributed by atoms with Crippen molar-refractivity contribution in [1.82, 2.24) is 15.3 Å². The molecule has 1 atom stereocenters. The van der Waals surface area contributed by atoms with E-state index >= 15 is 0 Å². The maximum atomic E-state index is 12.7. The first kappa shape index (κ1) is 21.2. The van der Waals surface area contributed by atoms with Gasteiger partial charge in [-0.2, -0.15) is 0 Å². The molecule has 0 aliphatic carbocycles. The number of hydrogen-bond donors (Lipinski definition) is 2. The van der Waals surface area contributed by atoms with Crippen molar-refractivity contribution in [2.75, 3.05) is 5.32 Å². The fourth-order valence-corrected chi connectivity index (χ4v) is 3.49. The van der Waals surface area contributed by atoms with E-state index in [2.05, 4.69) is 32.7 Å². The van der Waals surface area contributed by atoms with E-state index in [0.717, 1.165) is 29.8 Å². The van der Waals surface area contributed by atoms with Crippen molar-refractivity contribution in [3.8, 4) is 11.3 Å². The van der Waals surface area contributed by atoms with Gasteiger partial charge < -0.3 is 10.6 Å². The van der Waals surface area contributed by atoms with Crippen LogP contribution in [0.1, 0.15) is 29.3 Å². The maximum Gasteiger partial charge on any atom is 0.251 e. The molecule has 0 radical (unpaired) electrons. The number of rotatable bonds is 8. The molecule has 5 heteroatoms. The number of carbonyl (C=O) groups is 1. The van der Waals surface area contributed by atoms with Crippen LogP contribution in [0.15, 0.2) is 97.3 Å². The molecule has 4 rings (SSSR count). The summed E-state index contributed by atoms with van der Waals surface area (Å²) in [6.07, 6.45) is 3.36. The number of anilines is 2. The molecule has 0 aliphatic rings. The molecule has 0 saturated heterocycles. The largest absolute Gasteiger partial charge is 0.350 e. The van der Waals surface area contributed by atoms with Crippen molar-refractivity contribution < 1.29 is 4.79 Å². The molecule has 3 aromatic carbocycles. The zero-order valence-electron chi connectivity index (χ0n) is 18.0. The van der Waals surface area contributed by atoms with Gasteiger partial charge in [0.1, 0.15) is 12.1 Å². The van der Waals surface area contributed by atoms with Crippen LogP contribution in [0.25, 0.3) is 11.3 Å². The van der Waals surface area contributed by atoms with Crippen LogP contribution in [0.4, 0.5) is 11.5 Å². The van der Waals surface area contributed by atoms with E-state index in [0.29, 0.717) is 11.4 Å². The quantitative estimate of drug-likeness (QED) is 0.386. The summed E-state index contributed by atoms with van der Waals surface area (Å²) in [6.45, 7) is 2.04. The summed E-state index contributed by atoms with van der Waals surface area (Å²) in [7, 11) is 0. The average Bonchev–Trinajstić information content (AvgIpc) is 2.84. The molecule has 2 N–H and O–H groups in total. The molecule has 1 heterocycles. The van der Waals surface area contributed by atoms with Crippen molar-refractivity contribution in [2.24, 2.45) is 0 Å². The second kappa shape index (κ2) is 10.4. The molecule has 32 heavy (non-hydrogen) atoms. The van der Waals surface area contributed by atoms with E-state index in [4.69, 9.17) is 0 Å². The molecule has 0 spiro atoms. The van der Waals surface area contributed by atoms with Crippen molar-refractivity contribution in [3.05, 3.63) is 108 Å². The van der Waals surface area contributed by atoms with Gasteiger partial charge in [-0.05, 0) is 43.5 Å². The number of aryl methyl sites for hydroxylation is 1. The van der Waals surface area contributed by atoms with Crippen LogP contribution in [0.2, 0.25) is 0 Å². The molecule has 0 aliphatic heterocycles. The van der Waals surface area contributed by atoms with Crippen molar-refractivity contribution >= 4 is 17.4 Å². The monoisotopic (exact) mass is 422 g/mol.